The van der Waals surface area contributed by atoms with Crippen molar-refractivity contribution in [3.8, 4) is 16.9 Å². The zero-order valence-corrected chi connectivity index (χ0v) is 16.4. The summed E-state index contributed by atoms with van der Waals surface area (Å²) in [5.74, 6) is 0.282. The first kappa shape index (κ1) is 18.9. The van der Waals surface area contributed by atoms with Crippen LogP contribution in [0.3, 0.4) is 0 Å². The average Bonchev–Trinajstić information content (AvgIpc) is 2.69. The smallest absolute Gasteiger partial charge is 0.277 e. The molecule has 5 heteroatoms. The van der Waals surface area contributed by atoms with Crippen LogP contribution in [-0.2, 0) is 4.79 Å². The maximum Gasteiger partial charge on any atom is 0.277 e. The molecule has 0 aliphatic rings. The number of rotatable bonds is 6. The molecule has 1 N–H and O–H groups in total. The quantitative estimate of drug-likeness (QED) is 0.451. The minimum atomic E-state index is -0.322. The maximum absolute atomic E-state index is 11.9. The predicted octanol–water partition coefficient (Wildman–Crippen LogP) is 4.95. The molecule has 3 rings (SSSR count). The van der Waals surface area contributed by atoms with E-state index in [2.05, 4.69) is 26.5 Å². The van der Waals surface area contributed by atoms with Gasteiger partial charge in [-0.15, -0.1) is 0 Å². The lowest BCUT2D eigenvalue weighted by molar-refractivity contribution is -0.123. The first-order valence-electron chi connectivity index (χ1n) is 8.48. The number of benzene rings is 3. The molecule has 27 heavy (non-hydrogen) atoms. The predicted molar refractivity (Wildman–Crippen MR) is 112 cm³/mol. The van der Waals surface area contributed by atoms with Crippen molar-refractivity contribution in [1.29, 1.82) is 0 Å². The van der Waals surface area contributed by atoms with Gasteiger partial charge in [0.05, 0.1) is 10.7 Å². The van der Waals surface area contributed by atoms with E-state index in [0.29, 0.717) is 5.75 Å². The molecule has 0 aliphatic heterocycles. The largest absolute Gasteiger partial charge is 0.483 e. The maximum atomic E-state index is 11.9. The monoisotopic (exact) mass is 422 g/mol. The molecule has 0 fully saturated rings. The van der Waals surface area contributed by atoms with Gasteiger partial charge in [-0.1, -0.05) is 66.2 Å². The van der Waals surface area contributed by atoms with E-state index in [0.717, 1.165) is 21.2 Å². The summed E-state index contributed by atoms with van der Waals surface area (Å²) in [6.07, 6.45) is 1.60. The Balaban J connectivity index is 1.53. The van der Waals surface area contributed by atoms with E-state index in [9.17, 15) is 4.79 Å². The van der Waals surface area contributed by atoms with Gasteiger partial charge in [-0.05, 0) is 51.7 Å². The Labute approximate surface area is 167 Å². The molecule has 136 valence electrons. The number of aryl methyl sites for hydroxylation is 1. The molecule has 0 saturated carbocycles. The van der Waals surface area contributed by atoms with E-state index in [1.165, 1.54) is 5.56 Å². The summed E-state index contributed by atoms with van der Waals surface area (Å²) in [7, 11) is 0. The Hall–Kier alpha value is -2.92. The van der Waals surface area contributed by atoms with Gasteiger partial charge >= 0.3 is 0 Å². The van der Waals surface area contributed by atoms with Gasteiger partial charge in [-0.3, -0.25) is 4.79 Å². The van der Waals surface area contributed by atoms with Crippen molar-refractivity contribution >= 4 is 28.1 Å². The number of carbonyl (C=O) groups is 1. The second-order valence-electron chi connectivity index (χ2n) is 6.00. The summed E-state index contributed by atoms with van der Waals surface area (Å²) in [5, 5.41) is 3.94. The number of carbonyl (C=O) groups excluding carboxylic acids is 1. The fourth-order valence-electron chi connectivity index (χ4n) is 2.43. The molecule has 4 nitrogen and oxygen atoms in total. The Morgan fingerprint density at radius 2 is 1.78 bits per heavy atom. The van der Waals surface area contributed by atoms with Crippen molar-refractivity contribution in [3.63, 3.8) is 0 Å². The molecular formula is C22H19BrN2O2. The molecular weight excluding hydrogens is 404 g/mol. The Kier molecular flexibility index (Phi) is 6.39. The van der Waals surface area contributed by atoms with Crippen molar-refractivity contribution < 1.29 is 9.53 Å². The van der Waals surface area contributed by atoms with Crippen LogP contribution in [0.2, 0.25) is 0 Å². The van der Waals surface area contributed by atoms with Crippen LogP contribution in [0, 0.1) is 6.92 Å². The fraction of sp³-hybridized carbons (Fsp3) is 0.0909. The minimum Gasteiger partial charge on any atom is -0.483 e. The van der Waals surface area contributed by atoms with E-state index in [1.54, 1.807) is 6.21 Å². The fourth-order valence-corrected chi connectivity index (χ4v) is 2.93. The SMILES string of the molecule is Cc1ccc(/C=N/NC(=O)COc2ccc(-c3ccccc3)cc2Br)cc1. The number of nitrogens with zero attached hydrogens (tertiary/aromatic N) is 1. The van der Waals surface area contributed by atoms with Gasteiger partial charge in [0, 0.05) is 0 Å². The van der Waals surface area contributed by atoms with Crippen LogP contribution in [0.15, 0.2) is 82.4 Å². The molecule has 0 atom stereocenters. The Morgan fingerprint density at radius 3 is 2.48 bits per heavy atom. The van der Waals surface area contributed by atoms with Gasteiger partial charge in [-0.25, -0.2) is 5.43 Å². The van der Waals surface area contributed by atoms with Gasteiger partial charge in [0.2, 0.25) is 0 Å². The van der Waals surface area contributed by atoms with Crippen LogP contribution >= 0.6 is 15.9 Å². The van der Waals surface area contributed by atoms with E-state index >= 15 is 0 Å². The van der Waals surface area contributed by atoms with Crippen molar-refractivity contribution in [2.45, 2.75) is 6.92 Å². The molecule has 0 saturated heterocycles. The molecule has 0 spiro atoms. The summed E-state index contributed by atoms with van der Waals surface area (Å²) >= 11 is 3.50. The van der Waals surface area contributed by atoms with Gasteiger partial charge in [0.1, 0.15) is 5.75 Å². The highest BCUT2D eigenvalue weighted by Gasteiger charge is 2.07. The zero-order chi connectivity index (χ0) is 19.1. The van der Waals surface area contributed by atoms with Crippen LogP contribution in [0.1, 0.15) is 11.1 Å². The summed E-state index contributed by atoms with van der Waals surface area (Å²) in [4.78, 5) is 11.9. The average molecular weight is 423 g/mol. The summed E-state index contributed by atoms with van der Waals surface area (Å²) < 4.78 is 6.37. The standard InChI is InChI=1S/C22H19BrN2O2/c1-16-7-9-17(10-8-16)14-24-25-22(26)15-27-21-12-11-19(13-20(21)23)18-5-3-2-4-6-18/h2-14H,15H2,1H3,(H,25,26)/b24-14+. The van der Waals surface area contributed by atoms with Crippen molar-refractivity contribution in [1.82, 2.24) is 5.43 Å². The van der Waals surface area contributed by atoms with Gasteiger partial charge < -0.3 is 4.74 Å². The van der Waals surface area contributed by atoms with E-state index < -0.39 is 0 Å². The molecule has 3 aromatic carbocycles. The number of halogens is 1. The van der Waals surface area contributed by atoms with Crippen molar-refractivity contribution in [2.24, 2.45) is 5.10 Å². The van der Waals surface area contributed by atoms with Gasteiger partial charge in [0.15, 0.2) is 6.61 Å². The molecule has 0 radical (unpaired) electrons. The van der Waals surface area contributed by atoms with Crippen molar-refractivity contribution in [2.75, 3.05) is 6.61 Å². The van der Waals surface area contributed by atoms with Gasteiger partial charge in [-0.2, -0.15) is 5.10 Å². The van der Waals surface area contributed by atoms with Crippen LogP contribution in [0.4, 0.5) is 0 Å². The number of hydrogen-bond donors (Lipinski definition) is 1. The molecule has 0 bridgehead atoms. The van der Waals surface area contributed by atoms with Crippen LogP contribution in [0.5, 0.6) is 5.75 Å². The molecule has 0 aliphatic carbocycles. The summed E-state index contributed by atoms with van der Waals surface area (Å²) in [6, 6.07) is 23.7. The van der Waals surface area contributed by atoms with Crippen LogP contribution in [-0.4, -0.2) is 18.7 Å². The van der Waals surface area contributed by atoms with Crippen LogP contribution in [0.25, 0.3) is 11.1 Å². The Bertz CT molecular complexity index is 938. The topological polar surface area (TPSA) is 50.7 Å². The third-order valence-electron chi connectivity index (χ3n) is 3.88. The second-order valence-corrected chi connectivity index (χ2v) is 6.86. The Morgan fingerprint density at radius 1 is 1.04 bits per heavy atom. The third-order valence-corrected chi connectivity index (χ3v) is 4.50. The first-order chi connectivity index (χ1) is 13.1. The number of hydrogen-bond acceptors (Lipinski definition) is 3. The molecule has 0 unspecified atom stereocenters. The molecule has 3 aromatic rings. The van der Waals surface area contributed by atoms with E-state index in [1.807, 2.05) is 79.7 Å². The van der Waals surface area contributed by atoms with E-state index in [-0.39, 0.29) is 12.5 Å². The number of nitrogens with one attached hydrogen (secondary N) is 1. The summed E-state index contributed by atoms with van der Waals surface area (Å²) in [5.41, 5.74) is 6.74. The number of ether oxygens (including phenoxy) is 1. The number of amides is 1. The highest BCUT2D eigenvalue weighted by Crippen LogP contribution is 2.30. The highest BCUT2D eigenvalue weighted by molar-refractivity contribution is 9.10. The molecule has 1 amide bonds. The van der Waals surface area contributed by atoms with Crippen molar-refractivity contribution in [3.05, 3.63) is 88.4 Å². The minimum absolute atomic E-state index is 0.117. The second kappa shape index (κ2) is 9.14. The third kappa shape index (κ3) is 5.53. The lowest BCUT2D eigenvalue weighted by Gasteiger charge is -2.09. The summed E-state index contributed by atoms with van der Waals surface area (Å²) in [6.45, 7) is 1.90. The lowest BCUT2D eigenvalue weighted by Crippen LogP contribution is -2.24. The molecule has 0 aromatic heterocycles. The normalized spacial score (nSPS) is 10.7. The van der Waals surface area contributed by atoms with Crippen LogP contribution < -0.4 is 10.2 Å². The molecule has 0 heterocycles. The number of hydrazone groups is 1. The highest BCUT2D eigenvalue weighted by atomic mass is 79.9. The van der Waals surface area contributed by atoms with E-state index in [4.69, 9.17) is 4.74 Å². The lowest BCUT2D eigenvalue weighted by atomic mass is 10.1. The van der Waals surface area contributed by atoms with Gasteiger partial charge in [0.25, 0.3) is 5.91 Å². The first-order valence-corrected chi connectivity index (χ1v) is 9.27. The zero-order valence-electron chi connectivity index (χ0n) is 14.9.